The first kappa shape index (κ1) is 15.0. The summed E-state index contributed by atoms with van der Waals surface area (Å²) in [4.78, 5) is 12.8. The van der Waals surface area contributed by atoms with E-state index in [1.165, 1.54) is 12.1 Å². The standard InChI is InChI=1S/C18H14BrFO2/c1-2-14(19)18-16(11-7-9-12(20)10-8-11)17(21)13-5-3-4-6-15(13)22-18/h3-10,14H,2H2,1H3. The molecule has 1 aromatic heterocycles. The molecule has 22 heavy (non-hydrogen) atoms. The number of hydrogen-bond donors (Lipinski definition) is 0. The van der Waals surface area contributed by atoms with Gasteiger partial charge >= 0.3 is 0 Å². The Hall–Kier alpha value is -1.94. The lowest BCUT2D eigenvalue weighted by Crippen LogP contribution is -2.10. The second-order valence-electron chi connectivity index (χ2n) is 5.05. The number of para-hydroxylation sites is 1. The van der Waals surface area contributed by atoms with Crippen LogP contribution in [0.5, 0.6) is 0 Å². The van der Waals surface area contributed by atoms with Crippen molar-refractivity contribution in [1.29, 1.82) is 0 Å². The van der Waals surface area contributed by atoms with Gasteiger partial charge in [-0.1, -0.05) is 47.1 Å². The predicted octanol–water partition coefficient (Wildman–Crippen LogP) is 5.45. The Balaban J connectivity index is 2.37. The molecule has 0 aliphatic heterocycles. The van der Waals surface area contributed by atoms with E-state index >= 15 is 0 Å². The highest BCUT2D eigenvalue weighted by atomic mass is 79.9. The lowest BCUT2D eigenvalue weighted by Gasteiger charge is -2.13. The first-order chi connectivity index (χ1) is 10.6. The van der Waals surface area contributed by atoms with Gasteiger partial charge in [0.15, 0.2) is 0 Å². The number of fused-ring (bicyclic) bond motifs is 1. The molecule has 0 aliphatic rings. The van der Waals surface area contributed by atoms with E-state index in [2.05, 4.69) is 15.9 Å². The molecule has 0 saturated carbocycles. The molecule has 0 fully saturated rings. The van der Waals surface area contributed by atoms with Crippen LogP contribution in [0, 0.1) is 5.82 Å². The number of halogens is 2. The van der Waals surface area contributed by atoms with Crippen LogP contribution in [0.3, 0.4) is 0 Å². The van der Waals surface area contributed by atoms with Gasteiger partial charge in [-0.15, -0.1) is 0 Å². The Morgan fingerprint density at radius 1 is 1.14 bits per heavy atom. The Morgan fingerprint density at radius 3 is 2.50 bits per heavy atom. The topological polar surface area (TPSA) is 30.2 Å². The molecule has 3 rings (SSSR count). The molecule has 2 nitrogen and oxygen atoms in total. The fraction of sp³-hybridized carbons (Fsp3) is 0.167. The zero-order chi connectivity index (χ0) is 15.7. The van der Waals surface area contributed by atoms with Crippen molar-refractivity contribution in [2.24, 2.45) is 0 Å². The van der Waals surface area contributed by atoms with Crippen LogP contribution in [0.4, 0.5) is 4.39 Å². The van der Waals surface area contributed by atoms with Crippen molar-refractivity contribution in [2.45, 2.75) is 18.2 Å². The fourth-order valence-corrected chi connectivity index (χ4v) is 2.78. The first-order valence-corrected chi connectivity index (χ1v) is 7.99. The molecule has 0 bridgehead atoms. The van der Waals surface area contributed by atoms with Crippen molar-refractivity contribution in [3.63, 3.8) is 0 Å². The van der Waals surface area contributed by atoms with Gasteiger partial charge in [0.05, 0.1) is 15.8 Å². The van der Waals surface area contributed by atoms with E-state index in [1.807, 2.05) is 13.0 Å². The van der Waals surface area contributed by atoms with Crippen LogP contribution < -0.4 is 5.43 Å². The van der Waals surface area contributed by atoms with E-state index in [0.717, 1.165) is 6.42 Å². The van der Waals surface area contributed by atoms with Crippen LogP contribution in [0.2, 0.25) is 0 Å². The van der Waals surface area contributed by atoms with Gasteiger partial charge < -0.3 is 4.42 Å². The third-order valence-corrected chi connectivity index (χ3v) is 4.66. The van der Waals surface area contributed by atoms with Crippen LogP contribution in [-0.4, -0.2) is 0 Å². The fourth-order valence-electron chi connectivity index (χ4n) is 2.46. The largest absolute Gasteiger partial charge is 0.459 e. The summed E-state index contributed by atoms with van der Waals surface area (Å²) >= 11 is 3.56. The predicted molar refractivity (Wildman–Crippen MR) is 89.8 cm³/mol. The minimum Gasteiger partial charge on any atom is -0.459 e. The van der Waals surface area contributed by atoms with Gasteiger partial charge in [-0.05, 0) is 36.2 Å². The van der Waals surface area contributed by atoms with E-state index in [9.17, 15) is 9.18 Å². The van der Waals surface area contributed by atoms with Crippen molar-refractivity contribution >= 4 is 26.9 Å². The number of rotatable bonds is 3. The smallest absolute Gasteiger partial charge is 0.200 e. The maximum Gasteiger partial charge on any atom is 0.200 e. The molecule has 0 radical (unpaired) electrons. The molecule has 0 spiro atoms. The van der Waals surface area contributed by atoms with E-state index < -0.39 is 0 Å². The number of benzene rings is 2. The van der Waals surface area contributed by atoms with Gasteiger partial charge in [-0.3, -0.25) is 4.79 Å². The van der Waals surface area contributed by atoms with Crippen molar-refractivity contribution in [1.82, 2.24) is 0 Å². The second-order valence-corrected chi connectivity index (χ2v) is 6.15. The lowest BCUT2D eigenvalue weighted by molar-refractivity contribution is 0.532. The van der Waals surface area contributed by atoms with Crippen LogP contribution in [0.25, 0.3) is 22.1 Å². The first-order valence-electron chi connectivity index (χ1n) is 7.07. The quantitative estimate of drug-likeness (QED) is 0.581. The van der Waals surface area contributed by atoms with E-state index in [4.69, 9.17) is 4.42 Å². The molecule has 0 amide bonds. The highest BCUT2D eigenvalue weighted by molar-refractivity contribution is 9.09. The van der Waals surface area contributed by atoms with Gasteiger partial charge in [0.25, 0.3) is 0 Å². The van der Waals surface area contributed by atoms with Crippen LogP contribution >= 0.6 is 15.9 Å². The van der Waals surface area contributed by atoms with Gasteiger partial charge in [0.2, 0.25) is 5.43 Å². The summed E-state index contributed by atoms with van der Waals surface area (Å²) in [6.07, 6.45) is 0.773. The molecular formula is C18H14BrFO2. The molecule has 4 heteroatoms. The van der Waals surface area contributed by atoms with Gasteiger partial charge in [-0.25, -0.2) is 4.39 Å². The molecule has 2 aromatic carbocycles. The highest BCUT2D eigenvalue weighted by Gasteiger charge is 2.20. The minimum absolute atomic E-state index is 0.0788. The maximum absolute atomic E-state index is 13.2. The van der Waals surface area contributed by atoms with Crippen LogP contribution in [0.15, 0.2) is 57.7 Å². The van der Waals surface area contributed by atoms with Gasteiger partial charge in [-0.2, -0.15) is 0 Å². The Morgan fingerprint density at radius 2 is 1.82 bits per heavy atom. The Labute approximate surface area is 135 Å². The SMILES string of the molecule is CCC(Br)c1oc2ccccc2c(=O)c1-c1ccc(F)cc1. The summed E-state index contributed by atoms with van der Waals surface area (Å²) in [6.45, 7) is 2.00. The van der Waals surface area contributed by atoms with E-state index in [1.54, 1.807) is 30.3 Å². The van der Waals surface area contributed by atoms with E-state index in [-0.39, 0.29) is 16.1 Å². The summed E-state index contributed by atoms with van der Waals surface area (Å²) in [6, 6.07) is 13.1. The summed E-state index contributed by atoms with van der Waals surface area (Å²) in [5.74, 6) is 0.249. The molecule has 0 N–H and O–H groups in total. The Kier molecular flexibility index (Phi) is 4.12. The lowest BCUT2D eigenvalue weighted by atomic mass is 10.00. The van der Waals surface area contributed by atoms with Crippen molar-refractivity contribution in [3.8, 4) is 11.1 Å². The maximum atomic E-state index is 13.2. The third-order valence-electron chi connectivity index (χ3n) is 3.60. The average molecular weight is 361 g/mol. The van der Waals surface area contributed by atoms with Crippen LogP contribution in [0.1, 0.15) is 23.9 Å². The monoisotopic (exact) mass is 360 g/mol. The Bertz CT molecular complexity index is 868. The van der Waals surface area contributed by atoms with Gasteiger partial charge in [0, 0.05) is 0 Å². The van der Waals surface area contributed by atoms with Crippen LogP contribution in [-0.2, 0) is 0 Å². The third kappa shape index (κ3) is 2.59. The summed E-state index contributed by atoms with van der Waals surface area (Å²) < 4.78 is 19.1. The zero-order valence-corrected chi connectivity index (χ0v) is 13.6. The van der Waals surface area contributed by atoms with Crippen molar-refractivity contribution < 1.29 is 8.81 Å². The number of hydrogen-bond acceptors (Lipinski definition) is 2. The summed E-state index contributed by atoms with van der Waals surface area (Å²) in [5, 5.41) is 0.529. The molecule has 0 aliphatic carbocycles. The van der Waals surface area contributed by atoms with E-state index in [0.29, 0.717) is 27.9 Å². The molecule has 0 saturated heterocycles. The zero-order valence-electron chi connectivity index (χ0n) is 12.0. The summed E-state index contributed by atoms with van der Waals surface area (Å²) in [7, 11) is 0. The molecule has 1 atom stereocenters. The highest BCUT2D eigenvalue weighted by Crippen LogP contribution is 2.35. The molecular weight excluding hydrogens is 347 g/mol. The van der Waals surface area contributed by atoms with Crippen molar-refractivity contribution in [3.05, 3.63) is 70.3 Å². The minimum atomic E-state index is -0.332. The molecule has 3 aromatic rings. The van der Waals surface area contributed by atoms with Crippen molar-refractivity contribution in [2.75, 3.05) is 0 Å². The normalized spacial score (nSPS) is 12.5. The average Bonchev–Trinajstić information content (AvgIpc) is 2.55. The second kappa shape index (κ2) is 6.05. The molecule has 1 heterocycles. The molecule has 1 unspecified atom stereocenters. The summed E-state index contributed by atoms with van der Waals surface area (Å²) in [5.41, 5.74) is 1.61. The molecule has 112 valence electrons. The number of alkyl halides is 1. The van der Waals surface area contributed by atoms with Gasteiger partial charge in [0.1, 0.15) is 17.2 Å².